The maximum absolute atomic E-state index is 13.0. The van der Waals surface area contributed by atoms with E-state index < -0.39 is 18.6 Å². The molecule has 0 bridgehead atoms. The first-order valence-electron chi connectivity index (χ1n) is 10.2. The number of amides is 2. The van der Waals surface area contributed by atoms with Gasteiger partial charge in [-0.15, -0.1) is 0 Å². The predicted molar refractivity (Wildman–Crippen MR) is 119 cm³/mol. The third-order valence-electron chi connectivity index (χ3n) is 5.37. The summed E-state index contributed by atoms with van der Waals surface area (Å²) in [6.45, 7) is -2.75. The highest BCUT2D eigenvalue weighted by Crippen LogP contribution is 2.29. The molecule has 3 aromatic carbocycles. The van der Waals surface area contributed by atoms with Gasteiger partial charge in [-0.1, -0.05) is 24.3 Å². The van der Waals surface area contributed by atoms with Crippen molar-refractivity contribution in [1.29, 1.82) is 0 Å². The standard InChI is InChI=1S/C24H18F2N4O3/c25-24(26)30-19-9-8-18(11-16(19)13-27-30)28-22(31)15-5-3-6-17(10-15)29-23(32)21-12-14-4-1-2-7-20(14)33-21/h1-11,13,21,24H,12H2,(H,28,31)(H,29,32). The van der Waals surface area contributed by atoms with Gasteiger partial charge >= 0.3 is 6.55 Å². The summed E-state index contributed by atoms with van der Waals surface area (Å²) in [5, 5.41) is 9.67. The number of benzene rings is 3. The molecule has 33 heavy (non-hydrogen) atoms. The summed E-state index contributed by atoms with van der Waals surface area (Å²) in [6.07, 6.45) is 1.16. The van der Waals surface area contributed by atoms with Gasteiger partial charge < -0.3 is 15.4 Å². The number of anilines is 2. The Bertz CT molecular complexity index is 1340. The summed E-state index contributed by atoms with van der Waals surface area (Å²) < 4.78 is 32.2. The minimum Gasteiger partial charge on any atom is -0.480 e. The minimum absolute atomic E-state index is 0.268. The average Bonchev–Trinajstić information content (AvgIpc) is 3.43. The number of nitrogens with one attached hydrogen (secondary N) is 2. The number of carbonyl (C=O) groups is 2. The second-order valence-electron chi connectivity index (χ2n) is 7.58. The zero-order valence-electron chi connectivity index (χ0n) is 17.2. The topological polar surface area (TPSA) is 85.3 Å². The van der Waals surface area contributed by atoms with Crippen LogP contribution in [0.2, 0.25) is 0 Å². The molecular weight excluding hydrogens is 430 g/mol. The second-order valence-corrected chi connectivity index (χ2v) is 7.58. The van der Waals surface area contributed by atoms with Crippen LogP contribution in [0, 0.1) is 0 Å². The lowest BCUT2D eigenvalue weighted by atomic mass is 10.1. The van der Waals surface area contributed by atoms with E-state index in [2.05, 4.69) is 15.7 Å². The van der Waals surface area contributed by atoms with Crippen molar-refractivity contribution in [3.63, 3.8) is 0 Å². The number of carbonyl (C=O) groups excluding carboxylic acids is 2. The van der Waals surface area contributed by atoms with Gasteiger partial charge in [0.1, 0.15) is 5.75 Å². The number of rotatable bonds is 5. The van der Waals surface area contributed by atoms with Gasteiger partial charge in [0.25, 0.3) is 11.8 Å². The summed E-state index contributed by atoms with van der Waals surface area (Å²) in [6, 6.07) is 18.6. The van der Waals surface area contributed by atoms with Crippen LogP contribution >= 0.6 is 0 Å². The molecule has 0 spiro atoms. The Balaban J connectivity index is 1.26. The first-order valence-corrected chi connectivity index (χ1v) is 10.2. The lowest BCUT2D eigenvalue weighted by Crippen LogP contribution is -2.31. The fraction of sp³-hybridized carbons (Fsp3) is 0.125. The van der Waals surface area contributed by atoms with Gasteiger partial charge in [-0.25, -0.2) is 4.68 Å². The summed E-state index contributed by atoms with van der Waals surface area (Å²) >= 11 is 0. The van der Waals surface area contributed by atoms with E-state index in [1.54, 1.807) is 30.3 Å². The van der Waals surface area contributed by atoms with Crippen molar-refractivity contribution in [1.82, 2.24) is 9.78 Å². The molecule has 1 aliphatic rings. The van der Waals surface area contributed by atoms with Crippen LogP contribution in [-0.2, 0) is 11.2 Å². The van der Waals surface area contributed by atoms with Gasteiger partial charge in [0.05, 0.1) is 11.7 Å². The second kappa shape index (κ2) is 8.34. The van der Waals surface area contributed by atoms with E-state index in [0.29, 0.717) is 39.2 Å². The molecule has 0 saturated heterocycles. The van der Waals surface area contributed by atoms with Crippen LogP contribution < -0.4 is 15.4 Å². The smallest absolute Gasteiger partial charge is 0.333 e. The molecule has 2 heterocycles. The van der Waals surface area contributed by atoms with Crippen LogP contribution in [0.1, 0.15) is 22.5 Å². The number of para-hydroxylation sites is 1. The van der Waals surface area contributed by atoms with E-state index in [0.717, 1.165) is 5.56 Å². The van der Waals surface area contributed by atoms with Gasteiger partial charge in [-0.05, 0) is 48.0 Å². The maximum Gasteiger partial charge on any atom is 0.333 e. The highest BCUT2D eigenvalue weighted by atomic mass is 19.3. The zero-order chi connectivity index (χ0) is 22.9. The SMILES string of the molecule is O=C(Nc1ccc2c(cnn2C(F)F)c1)c1cccc(NC(=O)C2Cc3ccccc3O2)c1. The first kappa shape index (κ1) is 20.6. The highest BCUT2D eigenvalue weighted by molar-refractivity contribution is 6.06. The van der Waals surface area contributed by atoms with E-state index in [9.17, 15) is 18.4 Å². The maximum atomic E-state index is 13.0. The number of aromatic nitrogens is 2. The number of fused-ring (bicyclic) bond motifs is 2. The number of hydrogen-bond acceptors (Lipinski definition) is 4. The van der Waals surface area contributed by atoms with Gasteiger partial charge in [0, 0.05) is 28.7 Å². The van der Waals surface area contributed by atoms with Crippen LogP contribution in [-0.4, -0.2) is 27.7 Å². The van der Waals surface area contributed by atoms with Crippen LogP contribution in [0.4, 0.5) is 20.2 Å². The van der Waals surface area contributed by atoms with Crippen molar-refractivity contribution in [3.05, 3.63) is 84.1 Å². The van der Waals surface area contributed by atoms with E-state index in [4.69, 9.17) is 4.74 Å². The molecule has 5 rings (SSSR count). The van der Waals surface area contributed by atoms with Crippen LogP contribution in [0.25, 0.3) is 10.9 Å². The van der Waals surface area contributed by atoms with E-state index in [1.807, 2.05) is 24.3 Å². The molecule has 4 aromatic rings. The summed E-state index contributed by atoms with van der Waals surface area (Å²) in [7, 11) is 0. The summed E-state index contributed by atoms with van der Waals surface area (Å²) in [5.41, 5.74) is 2.46. The van der Waals surface area contributed by atoms with Crippen molar-refractivity contribution in [2.45, 2.75) is 19.1 Å². The zero-order valence-corrected chi connectivity index (χ0v) is 17.2. The molecule has 1 aromatic heterocycles. The van der Waals surface area contributed by atoms with Crippen molar-refractivity contribution in [2.75, 3.05) is 10.6 Å². The Morgan fingerprint density at radius 3 is 2.64 bits per heavy atom. The van der Waals surface area contributed by atoms with E-state index in [1.165, 1.54) is 18.3 Å². The van der Waals surface area contributed by atoms with Crippen LogP contribution in [0.15, 0.2) is 72.9 Å². The Hall–Kier alpha value is -4.27. The fourth-order valence-corrected chi connectivity index (χ4v) is 3.78. The minimum atomic E-state index is -2.75. The number of hydrogen-bond donors (Lipinski definition) is 2. The summed E-state index contributed by atoms with van der Waals surface area (Å²) in [4.78, 5) is 25.3. The van der Waals surface area contributed by atoms with Crippen molar-refractivity contribution in [2.24, 2.45) is 0 Å². The molecule has 2 N–H and O–H groups in total. The summed E-state index contributed by atoms with van der Waals surface area (Å²) in [5.74, 6) is -0.0108. The van der Waals surface area contributed by atoms with Crippen molar-refractivity contribution >= 4 is 34.1 Å². The molecule has 1 unspecified atom stereocenters. The quantitative estimate of drug-likeness (QED) is 0.466. The van der Waals surface area contributed by atoms with Crippen molar-refractivity contribution in [3.8, 4) is 5.75 Å². The van der Waals surface area contributed by atoms with Gasteiger partial charge in [-0.2, -0.15) is 13.9 Å². The molecule has 1 atom stereocenters. The number of halogens is 2. The van der Waals surface area contributed by atoms with Gasteiger partial charge in [0.15, 0.2) is 6.10 Å². The highest BCUT2D eigenvalue weighted by Gasteiger charge is 2.28. The third-order valence-corrected chi connectivity index (χ3v) is 5.37. The lowest BCUT2D eigenvalue weighted by Gasteiger charge is -2.12. The third kappa shape index (κ3) is 4.12. The molecule has 7 nitrogen and oxygen atoms in total. The number of nitrogens with zero attached hydrogens (tertiary/aromatic N) is 2. The molecule has 0 saturated carbocycles. The molecule has 166 valence electrons. The Morgan fingerprint density at radius 1 is 1.00 bits per heavy atom. The molecular formula is C24H18F2N4O3. The van der Waals surface area contributed by atoms with Crippen molar-refractivity contribution < 1.29 is 23.1 Å². The Labute approximate surface area is 187 Å². The molecule has 0 aliphatic carbocycles. The van der Waals surface area contributed by atoms with Crippen LogP contribution in [0.3, 0.4) is 0 Å². The fourth-order valence-electron chi connectivity index (χ4n) is 3.78. The lowest BCUT2D eigenvalue weighted by molar-refractivity contribution is -0.122. The Kier molecular flexibility index (Phi) is 5.21. The largest absolute Gasteiger partial charge is 0.480 e. The predicted octanol–water partition coefficient (Wildman–Crippen LogP) is 4.63. The first-order chi connectivity index (χ1) is 16.0. The molecule has 0 radical (unpaired) electrons. The molecule has 9 heteroatoms. The molecule has 2 amide bonds. The Morgan fingerprint density at radius 2 is 1.82 bits per heavy atom. The number of alkyl halides is 2. The molecule has 0 fully saturated rings. The molecule has 1 aliphatic heterocycles. The average molecular weight is 448 g/mol. The van der Waals surface area contributed by atoms with E-state index >= 15 is 0 Å². The normalized spacial score (nSPS) is 14.7. The van der Waals surface area contributed by atoms with E-state index in [-0.39, 0.29) is 11.4 Å². The number of ether oxygens (including phenoxy) is 1. The van der Waals surface area contributed by atoms with Gasteiger partial charge in [0.2, 0.25) is 0 Å². The van der Waals surface area contributed by atoms with Gasteiger partial charge in [-0.3, -0.25) is 9.59 Å². The monoisotopic (exact) mass is 448 g/mol. The van der Waals surface area contributed by atoms with Crippen LogP contribution in [0.5, 0.6) is 5.75 Å².